The molecule has 0 unspecified atom stereocenters. The van der Waals surface area contributed by atoms with Gasteiger partial charge in [0.25, 0.3) is 0 Å². The molecule has 0 spiro atoms. The number of hydrogen-bond donors (Lipinski definition) is 2. The number of fused-ring (bicyclic) bond motifs is 1. The van der Waals surface area contributed by atoms with Crippen molar-refractivity contribution in [3.05, 3.63) is 95.8 Å². The van der Waals surface area contributed by atoms with Gasteiger partial charge in [-0.1, -0.05) is 48.5 Å². The zero-order valence-corrected chi connectivity index (χ0v) is 16.3. The molecule has 3 aromatic carbocycles. The van der Waals surface area contributed by atoms with E-state index in [1.165, 1.54) is 0 Å². The third kappa shape index (κ3) is 4.46. The molecule has 0 saturated heterocycles. The number of aryl methyl sites for hydroxylation is 1. The number of methoxy groups -OCH3 is 1. The monoisotopic (exact) mass is 385 g/mol. The molecule has 1 aromatic heterocycles. The SMILES string of the molecule is COc1ccc(CCC(=O)N[C@H](c2ccccc2)c2ccc3nc[nH]c3c2)cc1. The number of benzene rings is 3. The van der Waals surface area contributed by atoms with E-state index < -0.39 is 0 Å². The fraction of sp³-hybridized carbons (Fsp3) is 0.167. The van der Waals surface area contributed by atoms with Crippen LogP contribution >= 0.6 is 0 Å². The fourth-order valence-corrected chi connectivity index (χ4v) is 3.42. The maximum absolute atomic E-state index is 12.8. The molecule has 1 heterocycles. The van der Waals surface area contributed by atoms with E-state index in [9.17, 15) is 4.79 Å². The van der Waals surface area contributed by atoms with E-state index in [1.54, 1.807) is 13.4 Å². The highest BCUT2D eigenvalue weighted by Crippen LogP contribution is 2.25. The first kappa shape index (κ1) is 18.7. The fourth-order valence-electron chi connectivity index (χ4n) is 3.42. The van der Waals surface area contributed by atoms with Crippen LogP contribution in [0.1, 0.15) is 29.2 Å². The van der Waals surface area contributed by atoms with Crippen molar-refractivity contribution >= 4 is 16.9 Å². The quantitative estimate of drug-likeness (QED) is 0.495. The van der Waals surface area contributed by atoms with Gasteiger partial charge in [0.15, 0.2) is 0 Å². The third-order valence-corrected chi connectivity index (χ3v) is 5.02. The maximum Gasteiger partial charge on any atom is 0.221 e. The number of aromatic amines is 1. The van der Waals surface area contributed by atoms with Crippen molar-refractivity contribution in [1.29, 1.82) is 0 Å². The van der Waals surface area contributed by atoms with Crippen molar-refractivity contribution in [3.8, 4) is 5.75 Å². The second-order valence-electron chi connectivity index (χ2n) is 6.94. The first-order valence-corrected chi connectivity index (χ1v) is 9.63. The van der Waals surface area contributed by atoms with Gasteiger partial charge in [-0.2, -0.15) is 0 Å². The van der Waals surface area contributed by atoms with E-state index in [1.807, 2.05) is 72.8 Å². The molecule has 5 nitrogen and oxygen atoms in total. The molecule has 0 fully saturated rings. The smallest absolute Gasteiger partial charge is 0.221 e. The van der Waals surface area contributed by atoms with Crippen molar-refractivity contribution in [1.82, 2.24) is 15.3 Å². The number of amides is 1. The maximum atomic E-state index is 12.8. The van der Waals surface area contributed by atoms with Crippen molar-refractivity contribution in [3.63, 3.8) is 0 Å². The molecule has 5 heteroatoms. The molecule has 4 aromatic rings. The number of aromatic nitrogens is 2. The van der Waals surface area contributed by atoms with Crippen LogP contribution in [0.25, 0.3) is 11.0 Å². The number of carbonyl (C=O) groups is 1. The molecule has 0 aliphatic rings. The predicted molar refractivity (Wildman–Crippen MR) is 114 cm³/mol. The molecule has 1 atom stereocenters. The molecule has 146 valence electrons. The lowest BCUT2D eigenvalue weighted by molar-refractivity contribution is -0.121. The lowest BCUT2D eigenvalue weighted by Gasteiger charge is -2.20. The highest BCUT2D eigenvalue weighted by Gasteiger charge is 2.17. The highest BCUT2D eigenvalue weighted by molar-refractivity contribution is 5.79. The van der Waals surface area contributed by atoms with E-state index in [2.05, 4.69) is 15.3 Å². The van der Waals surface area contributed by atoms with Crippen LogP contribution in [0.3, 0.4) is 0 Å². The molecule has 0 bridgehead atoms. The van der Waals surface area contributed by atoms with Gasteiger partial charge in [0.05, 0.1) is 30.5 Å². The Morgan fingerprint density at radius 1 is 1.03 bits per heavy atom. The zero-order chi connectivity index (χ0) is 20.1. The van der Waals surface area contributed by atoms with E-state index in [0.717, 1.165) is 33.5 Å². The van der Waals surface area contributed by atoms with Gasteiger partial charge in [-0.3, -0.25) is 4.79 Å². The minimum Gasteiger partial charge on any atom is -0.497 e. The Kier molecular flexibility index (Phi) is 5.56. The molecule has 0 aliphatic carbocycles. The van der Waals surface area contributed by atoms with E-state index in [0.29, 0.717) is 12.8 Å². The van der Waals surface area contributed by atoms with Crippen molar-refractivity contribution < 1.29 is 9.53 Å². The Hall–Kier alpha value is -3.60. The third-order valence-electron chi connectivity index (χ3n) is 5.02. The molecule has 0 radical (unpaired) electrons. The second-order valence-corrected chi connectivity index (χ2v) is 6.94. The Morgan fingerprint density at radius 2 is 1.83 bits per heavy atom. The van der Waals surface area contributed by atoms with Gasteiger partial charge in [-0.05, 0) is 47.4 Å². The number of hydrogen-bond acceptors (Lipinski definition) is 3. The summed E-state index contributed by atoms with van der Waals surface area (Å²) < 4.78 is 5.18. The van der Waals surface area contributed by atoms with Crippen LogP contribution in [0.15, 0.2) is 79.1 Å². The van der Waals surface area contributed by atoms with E-state index in [4.69, 9.17) is 4.74 Å². The zero-order valence-electron chi connectivity index (χ0n) is 16.3. The molecule has 1 amide bonds. The molecular formula is C24H23N3O2. The minimum absolute atomic E-state index is 0.0133. The molecule has 29 heavy (non-hydrogen) atoms. The number of ether oxygens (including phenoxy) is 1. The summed E-state index contributed by atoms with van der Waals surface area (Å²) in [7, 11) is 1.65. The van der Waals surface area contributed by atoms with Gasteiger partial charge < -0.3 is 15.0 Å². The molecule has 0 saturated carbocycles. The summed E-state index contributed by atoms with van der Waals surface area (Å²) in [5.41, 5.74) is 5.04. The number of nitrogens with zero attached hydrogens (tertiary/aromatic N) is 1. The Balaban J connectivity index is 1.51. The van der Waals surface area contributed by atoms with Gasteiger partial charge in [0, 0.05) is 6.42 Å². The number of H-pyrrole nitrogens is 1. The summed E-state index contributed by atoms with van der Waals surface area (Å²) in [5, 5.41) is 3.20. The van der Waals surface area contributed by atoms with Crippen LogP contribution in [0.4, 0.5) is 0 Å². The molecular weight excluding hydrogens is 362 g/mol. The lowest BCUT2D eigenvalue weighted by atomic mass is 9.97. The van der Waals surface area contributed by atoms with Crippen LogP contribution in [0.5, 0.6) is 5.75 Å². The average Bonchev–Trinajstić information content (AvgIpc) is 3.25. The van der Waals surface area contributed by atoms with Crippen LogP contribution in [-0.4, -0.2) is 23.0 Å². The van der Waals surface area contributed by atoms with Crippen molar-refractivity contribution in [2.45, 2.75) is 18.9 Å². The molecule has 2 N–H and O–H groups in total. The van der Waals surface area contributed by atoms with Gasteiger partial charge in [-0.25, -0.2) is 4.98 Å². The van der Waals surface area contributed by atoms with Gasteiger partial charge >= 0.3 is 0 Å². The standard InChI is InChI=1S/C24H23N3O2/c1-29-20-11-7-17(8-12-20)9-14-23(28)27-24(18-5-3-2-4-6-18)19-10-13-21-22(15-19)26-16-25-21/h2-8,10-13,15-16,24H,9,14H2,1H3,(H,25,26)(H,27,28)/t24-/m1/s1. The van der Waals surface area contributed by atoms with Gasteiger partial charge in [0.2, 0.25) is 5.91 Å². The summed E-state index contributed by atoms with van der Waals surface area (Å²) in [4.78, 5) is 20.2. The largest absolute Gasteiger partial charge is 0.497 e. The Bertz CT molecular complexity index is 1090. The Morgan fingerprint density at radius 3 is 2.59 bits per heavy atom. The normalized spacial score (nSPS) is 11.9. The first-order chi connectivity index (χ1) is 14.2. The predicted octanol–water partition coefficient (Wildman–Crippen LogP) is 4.41. The lowest BCUT2D eigenvalue weighted by Crippen LogP contribution is -2.29. The summed E-state index contributed by atoms with van der Waals surface area (Å²) in [6.07, 6.45) is 2.78. The van der Waals surface area contributed by atoms with Crippen LogP contribution in [0, 0.1) is 0 Å². The number of nitrogens with one attached hydrogen (secondary N) is 2. The minimum atomic E-state index is -0.215. The topological polar surface area (TPSA) is 67.0 Å². The van der Waals surface area contributed by atoms with E-state index in [-0.39, 0.29) is 11.9 Å². The van der Waals surface area contributed by atoms with Gasteiger partial charge in [0.1, 0.15) is 5.75 Å². The number of carbonyl (C=O) groups excluding carboxylic acids is 1. The van der Waals surface area contributed by atoms with Crippen LogP contribution in [-0.2, 0) is 11.2 Å². The Labute approximate surface area is 169 Å². The second kappa shape index (κ2) is 8.61. The van der Waals surface area contributed by atoms with Crippen molar-refractivity contribution in [2.75, 3.05) is 7.11 Å². The van der Waals surface area contributed by atoms with Crippen LogP contribution < -0.4 is 10.1 Å². The van der Waals surface area contributed by atoms with Crippen molar-refractivity contribution in [2.24, 2.45) is 0 Å². The molecule has 4 rings (SSSR count). The summed E-state index contributed by atoms with van der Waals surface area (Å²) in [6, 6.07) is 23.7. The number of rotatable bonds is 7. The van der Waals surface area contributed by atoms with Gasteiger partial charge in [-0.15, -0.1) is 0 Å². The average molecular weight is 385 g/mol. The summed E-state index contributed by atoms with van der Waals surface area (Å²) >= 11 is 0. The summed E-state index contributed by atoms with van der Waals surface area (Å²) in [5.74, 6) is 0.830. The van der Waals surface area contributed by atoms with Crippen LogP contribution in [0.2, 0.25) is 0 Å². The molecule has 0 aliphatic heterocycles. The first-order valence-electron chi connectivity index (χ1n) is 9.63. The highest BCUT2D eigenvalue weighted by atomic mass is 16.5. The number of imidazole rings is 1. The summed E-state index contributed by atoms with van der Waals surface area (Å²) in [6.45, 7) is 0. The van der Waals surface area contributed by atoms with E-state index >= 15 is 0 Å².